The highest BCUT2D eigenvalue weighted by atomic mass is 32.2. The van der Waals surface area contributed by atoms with Crippen LogP contribution in [-0.4, -0.2) is 22.2 Å². The zero-order chi connectivity index (χ0) is 21.6. The first kappa shape index (κ1) is 20.4. The van der Waals surface area contributed by atoms with Crippen LogP contribution in [0.1, 0.15) is 21.5 Å². The van der Waals surface area contributed by atoms with Crippen molar-refractivity contribution in [1.82, 2.24) is 5.32 Å². The fourth-order valence-electron chi connectivity index (χ4n) is 2.87. The highest BCUT2D eigenvalue weighted by molar-refractivity contribution is 8.18. The number of nitrogens with zero attached hydrogens (tertiary/aromatic N) is 1. The molecule has 1 heterocycles. The van der Waals surface area contributed by atoms with Gasteiger partial charge >= 0.3 is 5.97 Å². The van der Waals surface area contributed by atoms with Gasteiger partial charge < -0.3 is 15.2 Å². The number of aliphatic imine (C=N–C) groups is 1. The van der Waals surface area contributed by atoms with E-state index in [1.807, 2.05) is 60.7 Å². The normalized spacial score (nSPS) is 15.8. The van der Waals surface area contributed by atoms with Gasteiger partial charge in [0.25, 0.3) is 5.91 Å². The van der Waals surface area contributed by atoms with Crippen molar-refractivity contribution in [1.29, 1.82) is 0 Å². The van der Waals surface area contributed by atoms with Crippen molar-refractivity contribution in [2.75, 3.05) is 0 Å². The minimum absolute atomic E-state index is 0.182. The average Bonchev–Trinajstić information content (AvgIpc) is 3.12. The lowest BCUT2D eigenvalue weighted by atomic mass is 10.1. The minimum Gasteiger partial charge on any atom is -0.489 e. The van der Waals surface area contributed by atoms with E-state index in [1.54, 1.807) is 24.3 Å². The van der Waals surface area contributed by atoms with Crippen molar-refractivity contribution in [3.63, 3.8) is 0 Å². The van der Waals surface area contributed by atoms with E-state index in [4.69, 9.17) is 9.84 Å². The molecule has 31 heavy (non-hydrogen) atoms. The van der Waals surface area contributed by atoms with Crippen LogP contribution in [0, 0.1) is 0 Å². The summed E-state index contributed by atoms with van der Waals surface area (Å²) in [4.78, 5) is 28.3. The fourth-order valence-corrected chi connectivity index (χ4v) is 3.71. The molecule has 0 aromatic heterocycles. The second kappa shape index (κ2) is 9.32. The molecule has 1 aliphatic heterocycles. The number of ether oxygens (including phenoxy) is 1. The number of rotatable bonds is 6. The number of thioether (sulfide) groups is 1. The van der Waals surface area contributed by atoms with Gasteiger partial charge in [0.2, 0.25) is 0 Å². The van der Waals surface area contributed by atoms with E-state index < -0.39 is 5.97 Å². The Morgan fingerprint density at radius 2 is 1.81 bits per heavy atom. The molecule has 0 spiro atoms. The van der Waals surface area contributed by atoms with Crippen molar-refractivity contribution in [3.05, 3.63) is 100 Å². The summed E-state index contributed by atoms with van der Waals surface area (Å²) in [6, 6.07) is 23.4. The van der Waals surface area contributed by atoms with E-state index in [2.05, 4.69) is 10.3 Å². The lowest BCUT2D eigenvalue weighted by Crippen LogP contribution is -2.19. The average molecular weight is 430 g/mol. The number of amides is 1. The molecule has 0 atom stereocenters. The van der Waals surface area contributed by atoms with Crippen molar-refractivity contribution >= 4 is 40.6 Å². The molecule has 154 valence electrons. The van der Waals surface area contributed by atoms with E-state index in [1.165, 1.54) is 11.8 Å². The highest BCUT2D eigenvalue weighted by Gasteiger charge is 2.23. The quantitative estimate of drug-likeness (QED) is 0.546. The van der Waals surface area contributed by atoms with Crippen molar-refractivity contribution in [2.24, 2.45) is 4.99 Å². The van der Waals surface area contributed by atoms with Gasteiger partial charge in [0.05, 0.1) is 16.2 Å². The molecule has 1 saturated heterocycles. The fraction of sp³-hybridized carbons (Fsp3) is 0.0417. The SMILES string of the molecule is O=C1NC(=Nc2ccccc2)S/C1=C\c1ccc(OCc2cccc(C(=O)O)c2)cc1. The van der Waals surface area contributed by atoms with Crippen LogP contribution in [0.25, 0.3) is 6.08 Å². The Kier molecular flexibility index (Phi) is 6.14. The molecular formula is C24H18N2O4S. The molecule has 0 aliphatic carbocycles. The molecular weight excluding hydrogens is 412 g/mol. The van der Waals surface area contributed by atoms with E-state index in [0.29, 0.717) is 15.8 Å². The van der Waals surface area contributed by atoms with Crippen molar-refractivity contribution < 1.29 is 19.4 Å². The number of hydrogen-bond donors (Lipinski definition) is 2. The minimum atomic E-state index is -0.968. The van der Waals surface area contributed by atoms with E-state index >= 15 is 0 Å². The number of carboxylic acids is 1. The van der Waals surface area contributed by atoms with Crippen LogP contribution < -0.4 is 10.1 Å². The van der Waals surface area contributed by atoms with Gasteiger partial charge in [0.1, 0.15) is 12.4 Å². The van der Waals surface area contributed by atoms with Crippen LogP contribution in [0.4, 0.5) is 5.69 Å². The molecule has 0 unspecified atom stereocenters. The molecule has 1 aliphatic rings. The molecule has 6 nitrogen and oxygen atoms in total. The largest absolute Gasteiger partial charge is 0.489 e. The number of carboxylic acid groups (broad SMARTS) is 1. The number of carbonyl (C=O) groups is 2. The van der Waals surface area contributed by atoms with Gasteiger partial charge in [-0.2, -0.15) is 0 Å². The summed E-state index contributed by atoms with van der Waals surface area (Å²) in [6.45, 7) is 0.263. The standard InChI is InChI=1S/C24H18N2O4S/c27-22-21(31-24(26-22)25-19-7-2-1-3-8-19)14-16-9-11-20(12-10-16)30-15-17-5-4-6-18(13-17)23(28)29/h1-14H,15H2,(H,28,29)(H,25,26,27)/b21-14-. The Labute approximate surface area is 183 Å². The molecule has 3 aromatic rings. The third-order valence-electron chi connectivity index (χ3n) is 4.40. The predicted octanol–water partition coefficient (Wildman–Crippen LogP) is 4.86. The molecule has 1 amide bonds. The summed E-state index contributed by atoms with van der Waals surface area (Å²) in [6.07, 6.45) is 1.80. The number of amidine groups is 1. The first-order valence-electron chi connectivity index (χ1n) is 9.46. The molecule has 4 rings (SSSR count). The molecule has 0 bridgehead atoms. The zero-order valence-electron chi connectivity index (χ0n) is 16.3. The van der Waals surface area contributed by atoms with Crippen LogP contribution in [-0.2, 0) is 11.4 Å². The Balaban J connectivity index is 1.39. The zero-order valence-corrected chi connectivity index (χ0v) is 17.1. The third-order valence-corrected chi connectivity index (χ3v) is 5.30. The Hall–Kier alpha value is -3.84. The van der Waals surface area contributed by atoms with Crippen LogP contribution >= 0.6 is 11.8 Å². The van der Waals surface area contributed by atoms with E-state index in [9.17, 15) is 9.59 Å². The number of para-hydroxylation sites is 1. The molecule has 7 heteroatoms. The van der Waals surface area contributed by atoms with E-state index in [0.717, 1.165) is 16.8 Å². The van der Waals surface area contributed by atoms with Gasteiger partial charge in [-0.25, -0.2) is 9.79 Å². The summed E-state index contributed by atoms with van der Waals surface area (Å²) in [5, 5.41) is 12.4. The Bertz CT molecular complexity index is 1170. The molecule has 2 N–H and O–H groups in total. The number of hydrogen-bond acceptors (Lipinski definition) is 5. The summed E-state index contributed by atoms with van der Waals surface area (Å²) in [7, 11) is 0. The van der Waals surface area contributed by atoms with Crippen LogP contribution in [0.5, 0.6) is 5.75 Å². The van der Waals surface area contributed by atoms with Gasteiger partial charge in [0, 0.05) is 0 Å². The summed E-state index contributed by atoms with van der Waals surface area (Å²) in [5.41, 5.74) is 2.64. The van der Waals surface area contributed by atoms with Crippen LogP contribution in [0.3, 0.4) is 0 Å². The van der Waals surface area contributed by atoms with Crippen LogP contribution in [0.2, 0.25) is 0 Å². The van der Waals surface area contributed by atoms with Crippen molar-refractivity contribution in [2.45, 2.75) is 6.61 Å². The first-order chi connectivity index (χ1) is 15.1. The maximum atomic E-state index is 12.2. The number of carbonyl (C=O) groups excluding carboxylic acids is 1. The Morgan fingerprint density at radius 1 is 1.03 bits per heavy atom. The van der Waals surface area contributed by atoms with Gasteiger partial charge in [-0.1, -0.05) is 42.5 Å². The summed E-state index contributed by atoms with van der Waals surface area (Å²) < 4.78 is 5.74. The second-order valence-corrected chi connectivity index (χ2v) is 7.71. The maximum Gasteiger partial charge on any atom is 0.335 e. The van der Waals surface area contributed by atoms with Crippen LogP contribution in [0.15, 0.2) is 88.8 Å². The second-order valence-electron chi connectivity index (χ2n) is 6.68. The lowest BCUT2D eigenvalue weighted by Gasteiger charge is -2.07. The summed E-state index contributed by atoms with van der Waals surface area (Å²) >= 11 is 1.30. The third kappa shape index (κ3) is 5.40. The number of benzene rings is 3. The molecule has 1 fully saturated rings. The van der Waals surface area contributed by atoms with Gasteiger partial charge in [0.15, 0.2) is 5.17 Å². The highest BCUT2D eigenvalue weighted by Crippen LogP contribution is 2.28. The van der Waals surface area contributed by atoms with Gasteiger partial charge in [-0.05, 0) is 65.4 Å². The first-order valence-corrected chi connectivity index (χ1v) is 10.3. The summed E-state index contributed by atoms with van der Waals surface area (Å²) in [5.74, 6) is -0.499. The van der Waals surface area contributed by atoms with E-state index in [-0.39, 0.29) is 18.1 Å². The lowest BCUT2D eigenvalue weighted by molar-refractivity contribution is -0.115. The monoisotopic (exact) mass is 430 g/mol. The number of nitrogens with one attached hydrogen (secondary N) is 1. The predicted molar refractivity (Wildman–Crippen MR) is 121 cm³/mol. The Morgan fingerprint density at radius 3 is 2.55 bits per heavy atom. The molecule has 3 aromatic carbocycles. The van der Waals surface area contributed by atoms with Gasteiger partial charge in [-0.3, -0.25) is 4.79 Å². The topological polar surface area (TPSA) is 88.0 Å². The number of aromatic carboxylic acids is 1. The molecule has 0 saturated carbocycles. The molecule has 0 radical (unpaired) electrons. The van der Waals surface area contributed by atoms with Crippen molar-refractivity contribution in [3.8, 4) is 5.75 Å². The van der Waals surface area contributed by atoms with Gasteiger partial charge in [-0.15, -0.1) is 0 Å². The maximum absolute atomic E-state index is 12.2. The smallest absolute Gasteiger partial charge is 0.335 e.